The molecule has 5 N–H and O–H groups in total. The summed E-state index contributed by atoms with van der Waals surface area (Å²) in [6.45, 7) is 5.08. The van der Waals surface area contributed by atoms with Gasteiger partial charge in [0.15, 0.2) is 34.5 Å². The Labute approximate surface area is 305 Å². The second kappa shape index (κ2) is 12.9. The van der Waals surface area contributed by atoms with E-state index in [9.17, 15) is 24.9 Å². The van der Waals surface area contributed by atoms with Crippen molar-refractivity contribution in [3.05, 3.63) is 62.7 Å². The number of benzene rings is 3. The molecule has 0 aromatic heterocycles. The van der Waals surface area contributed by atoms with Crippen LogP contribution in [0.5, 0.6) is 40.2 Å². The number of aliphatic hydroxyl groups excluding tert-OH is 1. The van der Waals surface area contributed by atoms with Crippen LogP contribution in [-0.2, 0) is 27.2 Å². The van der Waals surface area contributed by atoms with E-state index in [4.69, 9.17) is 41.0 Å². The Morgan fingerprint density at radius 1 is 1.02 bits per heavy atom. The molecule has 0 radical (unpaired) electrons. The van der Waals surface area contributed by atoms with Gasteiger partial charge in [-0.2, -0.15) is 12.6 Å². The van der Waals surface area contributed by atoms with Crippen molar-refractivity contribution in [2.45, 2.75) is 75.3 Å². The van der Waals surface area contributed by atoms with Crippen LogP contribution in [0, 0.1) is 13.8 Å². The molecule has 52 heavy (non-hydrogen) atoms. The number of fused-ring (bicyclic) bond motifs is 10. The molecule has 8 rings (SSSR count). The van der Waals surface area contributed by atoms with Crippen LogP contribution < -0.4 is 34.3 Å². The highest BCUT2D eigenvalue weighted by molar-refractivity contribution is 7.80. The van der Waals surface area contributed by atoms with Crippen LogP contribution in [0.1, 0.15) is 74.8 Å². The second-order valence-corrected chi connectivity index (χ2v) is 14.4. The predicted octanol–water partition coefficient (Wildman–Crippen LogP) is 3.10. The summed E-state index contributed by atoms with van der Waals surface area (Å²) < 4.78 is 35.0. The minimum atomic E-state index is -1.11. The topological polar surface area (TPSA) is 178 Å². The summed E-state index contributed by atoms with van der Waals surface area (Å²) in [5.41, 5.74) is 5.25. The fraction of sp³-hybridized carbons (Fsp3) is 0.459. The number of ether oxygens (including phenoxy) is 6. The summed E-state index contributed by atoms with van der Waals surface area (Å²) in [5.74, 6) is 0.439. The lowest BCUT2D eigenvalue weighted by atomic mass is 9.74. The van der Waals surface area contributed by atoms with Crippen molar-refractivity contribution in [1.29, 1.82) is 0 Å². The van der Waals surface area contributed by atoms with E-state index in [2.05, 4.69) is 10.6 Å². The molecule has 3 aromatic carbocycles. The molecule has 2 bridgehead atoms. The Kier molecular flexibility index (Phi) is 8.61. The van der Waals surface area contributed by atoms with Gasteiger partial charge >= 0.3 is 11.9 Å². The first-order chi connectivity index (χ1) is 24.9. The van der Waals surface area contributed by atoms with E-state index in [1.54, 1.807) is 19.1 Å². The molecule has 1 saturated heterocycles. The van der Waals surface area contributed by atoms with Crippen molar-refractivity contribution in [3.8, 4) is 40.2 Å². The van der Waals surface area contributed by atoms with Crippen LogP contribution >= 0.6 is 12.6 Å². The van der Waals surface area contributed by atoms with Crippen molar-refractivity contribution in [1.82, 2.24) is 15.5 Å². The first-order valence-corrected chi connectivity index (χ1v) is 17.7. The number of hydrogen-bond donors (Lipinski definition) is 6. The van der Waals surface area contributed by atoms with Crippen LogP contribution in [-0.4, -0.2) is 84.6 Å². The fourth-order valence-corrected chi connectivity index (χ4v) is 9.47. The van der Waals surface area contributed by atoms with E-state index in [1.807, 2.05) is 17.9 Å². The van der Waals surface area contributed by atoms with Crippen molar-refractivity contribution in [2.24, 2.45) is 0 Å². The third kappa shape index (κ3) is 5.16. The van der Waals surface area contributed by atoms with E-state index in [1.165, 1.54) is 21.1 Å². The molecule has 0 aliphatic carbocycles. The summed E-state index contributed by atoms with van der Waals surface area (Å²) in [4.78, 5) is 28.5. The molecule has 1 fully saturated rings. The van der Waals surface area contributed by atoms with Crippen molar-refractivity contribution >= 4 is 24.6 Å². The molecule has 7 atom stereocenters. The quantitative estimate of drug-likeness (QED) is 0.124. The Balaban J connectivity index is 1.27. The van der Waals surface area contributed by atoms with E-state index >= 15 is 0 Å². The Hall–Kier alpha value is -4.41. The van der Waals surface area contributed by atoms with Gasteiger partial charge < -0.3 is 54.4 Å². The molecule has 5 aliphatic rings. The number of methoxy groups -OCH3 is 2. The minimum Gasteiger partial charge on any atom is -0.504 e. The highest BCUT2D eigenvalue weighted by Crippen LogP contribution is 2.61. The summed E-state index contributed by atoms with van der Waals surface area (Å²) in [6, 6.07) is 1.78. The molecule has 14 nitrogen and oxygen atoms in total. The van der Waals surface area contributed by atoms with E-state index in [-0.39, 0.29) is 36.4 Å². The zero-order valence-corrected chi connectivity index (χ0v) is 30.2. The van der Waals surface area contributed by atoms with Crippen molar-refractivity contribution in [3.63, 3.8) is 0 Å². The lowest BCUT2D eigenvalue weighted by Crippen LogP contribution is -2.69. The third-order valence-electron chi connectivity index (χ3n) is 11.0. The molecule has 0 saturated carbocycles. The molecule has 0 unspecified atom stereocenters. The van der Waals surface area contributed by atoms with E-state index < -0.39 is 53.6 Å². The number of aryl methyl sites for hydroxylation is 1. The average Bonchev–Trinajstić information content (AvgIpc) is 3.61. The highest BCUT2D eigenvalue weighted by Gasteiger charge is 2.57. The number of nitrogens with zero attached hydrogens (tertiary/aromatic N) is 1. The summed E-state index contributed by atoms with van der Waals surface area (Å²) >= 11 is 5.19. The minimum absolute atomic E-state index is 0.00956. The maximum Gasteiger partial charge on any atom is 0.327 e. The molecule has 5 heterocycles. The largest absolute Gasteiger partial charge is 0.504 e. The highest BCUT2D eigenvalue weighted by atomic mass is 32.1. The van der Waals surface area contributed by atoms with Crippen LogP contribution in [0.2, 0.25) is 0 Å². The fourth-order valence-electron chi connectivity index (χ4n) is 8.89. The summed E-state index contributed by atoms with van der Waals surface area (Å²) in [5, 5.41) is 40.3. The zero-order chi connectivity index (χ0) is 36.7. The molecule has 5 aliphatic heterocycles. The molecule has 3 aromatic rings. The number of hydrogen-bond acceptors (Lipinski definition) is 15. The number of rotatable bonds is 6. The number of phenols is 2. The van der Waals surface area contributed by atoms with Gasteiger partial charge in [0.2, 0.25) is 6.79 Å². The Morgan fingerprint density at radius 2 is 1.79 bits per heavy atom. The van der Waals surface area contributed by atoms with Gasteiger partial charge in [0, 0.05) is 47.0 Å². The lowest BCUT2D eigenvalue weighted by Gasteiger charge is -2.58. The predicted molar refractivity (Wildman–Crippen MR) is 188 cm³/mol. The number of aromatic hydroxyl groups is 2. The molecular formula is C37H41N3O11S. The zero-order valence-electron chi connectivity index (χ0n) is 29.3. The molecule has 0 amide bonds. The maximum atomic E-state index is 14.0. The van der Waals surface area contributed by atoms with Crippen LogP contribution in [0.3, 0.4) is 0 Å². The SMILES string of the molecule is COc1cc2c(cc1O)CCN[C@@H]2C(=O)OC[C@H]1c2c3c(c(C)c(OC(C)=O)c2[C@@H](S)[C@H]2[C@@H]4N[C@@H](Cc5cc(C)c(OC)c(O)c54)[C@H](O)N21)OCO3. The number of thiol groups is 1. The van der Waals surface area contributed by atoms with Gasteiger partial charge in [0.1, 0.15) is 24.6 Å². The molecular weight excluding hydrogens is 694 g/mol. The smallest absolute Gasteiger partial charge is 0.327 e. The van der Waals surface area contributed by atoms with Gasteiger partial charge in [-0.3, -0.25) is 9.69 Å². The van der Waals surface area contributed by atoms with Gasteiger partial charge in [-0.15, -0.1) is 0 Å². The van der Waals surface area contributed by atoms with Crippen LogP contribution in [0.25, 0.3) is 0 Å². The molecule has 15 heteroatoms. The number of carbonyl (C=O) groups is 2. The maximum absolute atomic E-state index is 14.0. The first kappa shape index (κ1) is 34.7. The standard InChI is InChI=1S/C37H41N3O11S/c1-14-8-18-9-20-36(44)40-21(12-48-37(45)27-19-11-23(46-4)22(42)10-17(19)6-7-38-27)25-26(32(51-16(3)41)15(2)33-34(25)50-13-49-33)35(52)29(40)28(39-20)24(18)30(43)31(14)47-5/h8,10-11,20-21,27-29,35-36,38-39,42-44,52H,6-7,9,12-13H2,1-5H3/t20-,21-,27-,28+,29+,35+,36-/m0/s1. The number of carbonyl (C=O) groups excluding carboxylic acids is 2. The number of aliphatic hydroxyl groups is 1. The van der Waals surface area contributed by atoms with Crippen LogP contribution in [0.15, 0.2) is 18.2 Å². The van der Waals surface area contributed by atoms with E-state index in [0.717, 1.165) is 16.7 Å². The van der Waals surface area contributed by atoms with Crippen molar-refractivity contribution in [2.75, 3.05) is 34.2 Å². The molecule has 276 valence electrons. The number of piperazine rings is 1. The first-order valence-electron chi connectivity index (χ1n) is 17.2. The van der Waals surface area contributed by atoms with Crippen molar-refractivity contribution < 1.29 is 53.3 Å². The summed E-state index contributed by atoms with van der Waals surface area (Å²) in [7, 11) is 2.94. The monoisotopic (exact) mass is 735 g/mol. The third-order valence-corrected chi connectivity index (χ3v) is 11.6. The summed E-state index contributed by atoms with van der Waals surface area (Å²) in [6.07, 6.45) is -0.122. The van der Waals surface area contributed by atoms with Gasteiger partial charge in [-0.1, -0.05) is 6.07 Å². The van der Waals surface area contributed by atoms with Crippen LogP contribution in [0.4, 0.5) is 0 Å². The van der Waals surface area contributed by atoms with E-state index in [0.29, 0.717) is 64.5 Å². The van der Waals surface area contributed by atoms with Gasteiger partial charge in [-0.05, 0) is 61.1 Å². The normalized spacial score (nSPS) is 26.7. The van der Waals surface area contributed by atoms with Gasteiger partial charge in [0.25, 0.3) is 0 Å². The van der Waals surface area contributed by atoms with Gasteiger partial charge in [-0.25, -0.2) is 4.79 Å². The lowest BCUT2D eigenvalue weighted by molar-refractivity contribution is -0.160. The Morgan fingerprint density at radius 3 is 2.52 bits per heavy atom. The Bertz CT molecular complexity index is 2010. The number of phenolic OH excluding ortho intramolecular Hbond substituents is 2. The number of nitrogens with one attached hydrogen (secondary N) is 2. The number of esters is 2. The average molecular weight is 736 g/mol. The second-order valence-electron chi connectivity index (χ2n) is 13.8. The molecule has 0 spiro atoms. The van der Waals surface area contributed by atoms with Gasteiger partial charge in [0.05, 0.1) is 32.3 Å².